The molecule has 0 saturated heterocycles. The van der Waals surface area contributed by atoms with Crippen molar-refractivity contribution in [3.8, 4) is 5.75 Å². The minimum atomic E-state index is -0.409. The number of fused-ring (bicyclic) bond motifs is 2. The molecule has 0 aromatic heterocycles. The lowest BCUT2D eigenvalue weighted by Crippen LogP contribution is -2.68. The van der Waals surface area contributed by atoms with Gasteiger partial charge in [-0.1, -0.05) is 67.0 Å². The highest BCUT2D eigenvalue weighted by atomic mass is 79.9. The summed E-state index contributed by atoms with van der Waals surface area (Å²) in [4.78, 5) is 13.2. The van der Waals surface area contributed by atoms with Crippen LogP contribution >= 0.6 is 15.9 Å². The van der Waals surface area contributed by atoms with Gasteiger partial charge in [0.2, 0.25) is 0 Å². The Bertz CT molecular complexity index is 812. The molecule has 2 bridgehead atoms. The molecule has 0 amide bonds. The third-order valence-corrected chi connectivity index (χ3v) is 8.66. The van der Waals surface area contributed by atoms with Gasteiger partial charge in [-0.05, 0) is 46.6 Å². The van der Waals surface area contributed by atoms with Gasteiger partial charge < -0.3 is 4.74 Å². The highest BCUT2D eigenvalue weighted by Gasteiger charge is 2.80. The summed E-state index contributed by atoms with van der Waals surface area (Å²) in [6.45, 7) is 6.69. The van der Waals surface area contributed by atoms with Crippen LogP contribution in [0, 0.1) is 16.2 Å². The molecule has 3 unspecified atom stereocenters. The van der Waals surface area contributed by atoms with Crippen LogP contribution in [0.25, 0.3) is 10.8 Å². The molecule has 0 N–H and O–H groups in total. The van der Waals surface area contributed by atoms with Crippen molar-refractivity contribution in [1.82, 2.24) is 0 Å². The van der Waals surface area contributed by atoms with E-state index in [1.54, 1.807) is 0 Å². The second-order valence-corrected chi connectivity index (χ2v) is 8.69. The molecular formula is C20H21BrO2. The van der Waals surface area contributed by atoms with Gasteiger partial charge >= 0.3 is 5.97 Å². The maximum Gasteiger partial charge on any atom is 0.319 e. The monoisotopic (exact) mass is 372 g/mol. The van der Waals surface area contributed by atoms with Crippen molar-refractivity contribution in [3.05, 3.63) is 42.5 Å². The van der Waals surface area contributed by atoms with Crippen LogP contribution in [0.1, 0.15) is 33.6 Å². The summed E-state index contributed by atoms with van der Waals surface area (Å²) in [6, 6.07) is 14.0. The molecule has 0 heterocycles. The van der Waals surface area contributed by atoms with E-state index in [0.29, 0.717) is 5.75 Å². The average Bonchev–Trinajstić information content (AvgIpc) is 2.94. The molecular weight excluding hydrogens is 352 g/mol. The van der Waals surface area contributed by atoms with Gasteiger partial charge in [0.25, 0.3) is 0 Å². The highest BCUT2D eigenvalue weighted by molar-refractivity contribution is 9.09. The lowest BCUT2D eigenvalue weighted by molar-refractivity contribution is -0.176. The van der Waals surface area contributed by atoms with Crippen LogP contribution in [-0.2, 0) is 4.79 Å². The van der Waals surface area contributed by atoms with E-state index in [-0.39, 0.29) is 21.6 Å². The maximum atomic E-state index is 13.0. The van der Waals surface area contributed by atoms with E-state index in [1.165, 1.54) is 0 Å². The van der Waals surface area contributed by atoms with E-state index < -0.39 is 5.41 Å². The van der Waals surface area contributed by atoms with E-state index in [2.05, 4.69) is 42.8 Å². The van der Waals surface area contributed by atoms with Crippen LogP contribution in [0.2, 0.25) is 0 Å². The molecule has 3 aliphatic carbocycles. The molecule has 2 nitrogen and oxygen atoms in total. The Morgan fingerprint density at radius 2 is 1.78 bits per heavy atom. The van der Waals surface area contributed by atoms with Crippen LogP contribution in [0.4, 0.5) is 0 Å². The van der Waals surface area contributed by atoms with Crippen LogP contribution in [0.3, 0.4) is 0 Å². The Morgan fingerprint density at radius 3 is 2.39 bits per heavy atom. The summed E-state index contributed by atoms with van der Waals surface area (Å²) in [5, 5.41) is 2.25. The maximum absolute atomic E-state index is 13.0. The number of halogens is 1. The Hall–Kier alpha value is -1.35. The predicted molar refractivity (Wildman–Crippen MR) is 95.9 cm³/mol. The van der Waals surface area contributed by atoms with Crippen molar-refractivity contribution < 1.29 is 9.53 Å². The zero-order chi connectivity index (χ0) is 16.5. The lowest BCUT2D eigenvalue weighted by Gasteiger charge is -2.63. The second kappa shape index (κ2) is 4.60. The number of ether oxygens (including phenoxy) is 1. The van der Waals surface area contributed by atoms with Crippen molar-refractivity contribution >= 4 is 32.7 Å². The quantitative estimate of drug-likeness (QED) is 0.404. The molecule has 2 aromatic rings. The molecule has 3 heteroatoms. The number of carbonyl (C=O) groups is 1. The number of rotatable bonds is 2. The van der Waals surface area contributed by atoms with Gasteiger partial charge in [0.15, 0.2) is 0 Å². The van der Waals surface area contributed by atoms with Crippen LogP contribution in [-0.4, -0.2) is 10.8 Å². The molecule has 0 aliphatic heterocycles. The van der Waals surface area contributed by atoms with Gasteiger partial charge in [-0.2, -0.15) is 0 Å². The summed E-state index contributed by atoms with van der Waals surface area (Å²) in [7, 11) is 0. The van der Waals surface area contributed by atoms with Crippen molar-refractivity contribution in [2.45, 2.75) is 38.4 Å². The predicted octanol–water partition coefficient (Wildman–Crippen LogP) is 5.34. The number of alkyl halides is 1. The Balaban J connectivity index is 1.65. The molecule has 3 saturated carbocycles. The fourth-order valence-electron chi connectivity index (χ4n) is 4.83. The van der Waals surface area contributed by atoms with E-state index in [1.807, 2.05) is 36.4 Å². The van der Waals surface area contributed by atoms with E-state index in [4.69, 9.17) is 4.74 Å². The topological polar surface area (TPSA) is 26.3 Å². The third kappa shape index (κ3) is 1.67. The Morgan fingerprint density at radius 1 is 1.09 bits per heavy atom. The first kappa shape index (κ1) is 15.2. The van der Waals surface area contributed by atoms with Gasteiger partial charge in [-0.15, -0.1) is 0 Å². The van der Waals surface area contributed by atoms with E-state index in [9.17, 15) is 4.79 Å². The summed E-state index contributed by atoms with van der Waals surface area (Å²) >= 11 is 3.80. The molecule has 2 aromatic carbocycles. The smallest absolute Gasteiger partial charge is 0.319 e. The van der Waals surface area contributed by atoms with E-state index >= 15 is 0 Å². The van der Waals surface area contributed by atoms with Crippen molar-refractivity contribution in [3.63, 3.8) is 0 Å². The zero-order valence-corrected chi connectivity index (χ0v) is 15.3. The SMILES string of the molecule is CC12CCC(C(=O)Oc3ccc4ccccc4c3)(C1Br)C2(C)C. The minimum absolute atomic E-state index is 0.0396. The normalized spacial score (nSPS) is 34.2. The summed E-state index contributed by atoms with van der Waals surface area (Å²) < 4.78 is 5.83. The first-order chi connectivity index (χ1) is 10.8. The minimum Gasteiger partial charge on any atom is -0.426 e. The van der Waals surface area contributed by atoms with Crippen LogP contribution < -0.4 is 4.74 Å². The molecule has 0 spiro atoms. The molecule has 120 valence electrons. The zero-order valence-electron chi connectivity index (χ0n) is 13.7. The summed E-state index contributed by atoms with van der Waals surface area (Å²) in [5.41, 5.74) is -0.273. The number of hydrogen-bond donors (Lipinski definition) is 0. The van der Waals surface area contributed by atoms with Gasteiger partial charge in [-0.25, -0.2) is 0 Å². The van der Waals surface area contributed by atoms with Gasteiger partial charge in [0.05, 0.1) is 5.41 Å². The first-order valence-corrected chi connectivity index (χ1v) is 9.10. The molecule has 23 heavy (non-hydrogen) atoms. The van der Waals surface area contributed by atoms with Crippen LogP contribution in [0.15, 0.2) is 42.5 Å². The second-order valence-electron chi connectivity index (χ2n) is 7.77. The van der Waals surface area contributed by atoms with Gasteiger partial charge in [-0.3, -0.25) is 4.79 Å². The summed E-state index contributed by atoms with van der Waals surface area (Å²) in [5.74, 6) is 0.550. The molecule has 5 rings (SSSR count). The lowest BCUT2D eigenvalue weighted by atomic mass is 9.43. The Labute approximate surface area is 145 Å². The van der Waals surface area contributed by atoms with Gasteiger partial charge in [0, 0.05) is 4.83 Å². The standard InChI is InChI=1S/C20H21BrO2/c1-18(2)19(3)10-11-20(18,16(19)21)17(22)23-15-9-8-13-6-4-5-7-14(13)12-15/h4-9,12,16H,10-11H2,1-3H3. The molecule has 3 aliphatic rings. The molecule has 3 fully saturated rings. The number of hydrogen-bond acceptors (Lipinski definition) is 2. The van der Waals surface area contributed by atoms with Crippen LogP contribution in [0.5, 0.6) is 5.75 Å². The Kier molecular flexibility index (Phi) is 3.04. The van der Waals surface area contributed by atoms with E-state index in [0.717, 1.165) is 23.6 Å². The van der Waals surface area contributed by atoms with Crippen molar-refractivity contribution in [2.75, 3.05) is 0 Å². The molecule has 0 radical (unpaired) electrons. The first-order valence-electron chi connectivity index (χ1n) is 8.18. The molecule has 3 atom stereocenters. The van der Waals surface area contributed by atoms with Gasteiger partial charge in [0.1, 0.15) is 5.75 Å². The summed E-state index contributed by atoms with van der Waals surface area (Å²) in [6.07, 6.45) is 1.97. The average molecular weight is 373 g/mol. The van der Waals surface area contributed by atoms with Crippen molar-refractivity contribution in [2.24, 2.45) is 16.2 Å². The van der Waals surface area contributed by atoms with Crippen molar-refractivity contribution in [1.29, 1.82) is 0 Å². The largest absolute Gasteiger partial charge is 0.426 e. The fourth-order valence-corrected chi connectivity index (χ4v) is 6.62. The number of benzene rings is 2. The third-order valence-electron chi connectivity index (χ3n) is 6.87. The fraction of sp³-hybridized carbons (Fsp3) is 0.450. The highest BCUT2D eigenvalue weighted by Crippen LogP contribution is 2.80. The number of esters is 1. The number of carbonyl (C=O) groups excluding carboxylic acids is 1.